The molecule has 4 N–H and O–H groups in total. The van der Waals surface area contributed by atoms with E-state index in [0.29, 0.717) is 46.5 Å². The Labute approximate surface area is 197 Å². The molecule has 0 saturated carbocycles. The van der Waals surface area contributed by atoms with Crippen LogP contribution in [0.5, 0.6) is 0 Å². The third-order valence-corrected chi connectivity index (χ3v) is 5.85. The lowest BCUT2D eigenvalue weighted by atomic mass is 10.0. The normalized spacial score (nSPS) is 12.0. The van der Waals surface area contributed by atoms with Crippen LogP contribution in [0, 0.1) is 12.7 Å². The maximum atomic E-state index is 13.7. The first-order valence-corrected chi connectivity index (χ1v) is 11.7. The van der Waals surface area contributed by atoms with E-state index in [0.717, 1.165) is 23.0 Å². The number of nitrogen functional groups attached to an aromatic ring is 1. The zero-order valence-corrected chi connectivity index (χ0v) is 19.1. The van der Waals surface area contributed by atoms with Crippen LogP contribution in [0.1, 0.15) is 38.4 Å². The summed E-state index contributed by atoms with van der Waals surface area (Å²) in [6.45, 7) is 2.13. The molecule has 1 aromatic carbocycles. The van der Waals surface area contributed by atoms with Crippen molar-refractivity contribution in [2.75, 3.05) is 5.73 Å². The number of rotatable bonds is 7. The van der Waals surface area contributed by atoms with Crippen molar-refractivity contribution in [3.8, 4) is 0 Å². The van der Waals surface area contributed by atoms with E-state index in [1.54, 1.807) is 36.5 Å². The summed E-state index contributed by atoms with van der Waals surface area (Å²) in [7, 11) is 0. The summed E-state index contributed by atoms with van der Waals surface area (Å²) < 4.78 is 34.5. The number of anilines is 1. The zero-order chi connectivity index (χ0) is 24.2. The number of hydrogen-bond donors (Lipinski definition) is 3. The van der Waals surface area contributed by atoms with Gasteiger partial charge in [0.2, 0.25) is 0 Å². The number of nitrogens with two attached hydrogens (primary N) is 1. The van der Waals surface area contributed by atoms with Crippen LogP contribution in [-0.4, -0.2) is 29.6 Å². The van der Waals surface area contributed by atoms with Crippen molar-refractivity contribution in [2.24, 2.45) is 0 Å². The van der Waals surface area contributed by atoms with Crippen molar-refractivity contribution < 1.29 is 17.9 Å². The predicted octanol–water partition coefficient (Wildman–Crippen LogP) is 3.30. The minimum atomic E-state index is -2.08. The van der Waals surface area contributed by atoms with E-state index >= 15 is 0 Å². The van der Waals surface area contributed by atoms with Crippen molar-refractivity contribution in [1.29, 1.82) is 0 Å². The van der Waals surface area contributed by atoms with Crippen LogP contribution in [-0.2, 0) is 29.8 Å². The molecule has 0 saturated heterocycles. The van der Waals surface area contributed by atoms with Crippen LogP contribution in [0.25, 0.3) is 10.9 Å². The highest BCUT2D eigenvalue weighted by Gasteiger charge is 2.12. The smallest absolute Gasteiger partial charge is 0.251 e. The van der Waals surface area contributed by atoms with Crippen LogP contribution in [0.3, 0.4) is 0 Å². The Morgan fingerprint density at radius 1 is 1.15 bits per heavy atom. The van der Waals surface area contributed by atoms with E-state index in [-0.39, 0.29) is 11.7 Å². The summed E-state index contributed by atoms with van der Waals surface area (Å²) in [4.78, 5) is 25.3. The fraction of sp³-hybridized carbons (Fsp3) is 0.167. The monoisotopic (exact) mass is 479 g/mol. The third kappa shape index (κ3) is 5.59. The van der Waals surface area contributed by atoms with Gasteiger partial charge in [-0.15, -0.1) is 0 Å². The molecule has 0 aliphatic heterocycles. The van der Waals surface area contributed by atoms with Gasteiger partial charge in [0.25, 0.3) is 5.91 Å². The molecule has 0 radical (unpaired) electrons. The van der Waals surface area contributed by atoms with E-state index in [1.807, 2.05) is 13.0 Å². The lowest BCUT2D eigenvalue weighted by Gasteiger charge is -2.10. The van der Waals surface area contributed by atoms with Gasteiger partial charge in [-0.3, -0.25) is 14.8 Å². The Kier molecular flexibility index (Phi) is 6.90. The highest BCUT2D eigenvalue weighted by atomic mass is 32.2. The molecule has 0 bridgehead atoms. The Morgan fingerprint density at radius 2 is 1.97 bits per heavy atom. The average Bonchev–Trinajstić information content (AvgIpc) is 2.78. The number of nitrogens with one attached hydrogen (secondary N) is 1. The van der Waals surface area contributed by atoms with Crippen molar-refractivity contribution >= 4 is 33.7 Å². The topological polar surface area (TPSA) is 131 Å². The Balaban J connectivity index is 1.54. The maximum Gasteiger partial charge on any atom is 0.251 e. The standard InChI is InChI=1S/C24H22FN5O3S/c1-14-17(2-3-22(26)30-14)11-29-24(31)16-4-5-27-21(10-16)8-15-6-18-9-20(25)12-28-23(18)19(7-15)13-34(32)33/h2-7,9-10,12H,8,11,13H2,1H3,(H2,26,30)(H,29,31)(H,32,33). The maximum absolute atomic E-state index is 13.7. The summed E-state index contributed by atoms with van der Waals surface area (Å²) >= 11 is -2.08. The first-order chi connectivity index (χ1) is 16.3. The zero-order valence-electron chi connectivity index (χ0n) is 18.3. The second-order valence-corrected chi connectivity index (χ2v) is 8.75. The second kappa shape index (κ2) is 10.0. The number of hydrogen-bond acceptors (Lipinski definition) is 6. The molecule has 4 aromatic rings. The molecule has 1 unspecified atom stereocenters. The molecule has 174 valence electrons. The van der Waals surface area contributed by atoms with Gasteiger partial charge >= 0.3 is 0 Å². The van der Waals surface area contributed by atoms with Gasteiger partial charge in [-0.05, 0) is 53.9 Å². The Bertz CT molecular complexity index is 1410. The summed E-state index contributed by atoms with van der Waals surface area (Å²) in [5.74, 6) is -0.463. The molecule has 34 heavy (non-hydrogen) atoms. The van der Waals surface area contributed by atoms with Gasteiger partial charge in [0.1, 0.15) is 11.6 Å². The number of aromatic nitrogens is 3. The molecule has 8 nitrogen and oxygen atoms in total. The van der Waals surface area contributed by atoms with E-state index in [9.17, 15) is 17.9 Å². The number of benzene rings is 1. The fourth-order valence-electron chi connectivity index (χ4n) is 3.71. The molecule has 0 fully saturated rings. The number of nitrogens with zero attached hydrogens (tertiary/aromatic N) is 3. The van der Waals surface area contributed by atoms with E-state index in [2.05, 4.69) is 20.3 Å². The third-order valence-electron chi connectivity index (χ3n) is 5.29. The first-order valence-electron chi connectivity index (χ1n) is 10.4. The molecule has 0 aliphatic carbocycles. The van der Waals surface area contributed by atoms with Gasteiger partial charge in [0.15, 0.2) is 11.1 Å². The van der Waals surface area contributed by atoms with Crippen molar-refractivity contribution in [3.63, 3.8) is 0 Å². The van der Waals surface area contributed by atoms with E-state index in [4.69, 9.17) is 5.73 Å². The van der Waals surface area contributed by atoms with Gasteiger partial charge in [-0.1, -0.05) is 12.1 Å². The highest BCUT2D eigenvalue weighted by Crippen LogP contribution is 2.23. The minimum absolute atomic E-state index is 0.127. The van der Waals surface area contributed by atoms with Crippen LogP contribution in [0.2, 0.25) is 0 Å². The molecule has 3 aromatic heterocycles. The van der Waals surface area contributed by atoms with Crippen molar-refractivity contribution in [3.05, 3.63) is 94.3 Å². The molecular weight excluding hydrogens is 457 g/mol. The van der Waals surface area contributed by atoms with Crippen LogP contribution >= 0.6 is 0 Å². The molecule has 1 atom stereocenters. The average molecular weight is 480 g/mol. The summed E-state index contributed by atoms with van der Waals surface area (Å²) in [6, 6.07) is 11.7. The number of carbonyl (C=O) groups excluding carboxylic acids is 1. The molecular formula is C24H22FN5O3S. The molecule has 3 heterocycles. The largest absolute Gasteiger partial charge is 0.384 e. The van der Waals surface area contributed by atoms with Crippen LogP contribution in [0.15, 0.2) is 54.9 Å². The van der Waals surface area contributed by atoms with Gasteiger partial charge in [-0.2, -0.15) is 0 Å². The lowest BCUT2D eigenvalue weighted by Crippen LogP contribution is -2.23. The number of aryl methyl sites for hydroxylation is 1. The minimum Gasteiger partial charge on any atom is -0.384 e. The van der Waals surface area contributed by atoms with Crippen LogP contribution < -0.4 is 11.1 Å². The van der Waals surface area contributed by atoms with Crippen molar-refractivity contribution in [2.45, 2.75) is 25.6 Å². The lowest BCUT2D eigenvalue weighted by molar-refractivity contribution is 0.0950. The molecule has 1 amide bonds. The predicted molar refractivity (Wildman–Crippen MR) is 128 cm³/mol. The van der Waals surface area contributed by atoms with Gasteiger partial charge in [0.05, 0.1) is 17.5 Å². The summed E-state index contributed by atoms with van der Waals surface area (Å²) in [6.07, 6.45) is 2.98. The first kappa shape index (κ1) is 23.4. The van der Waals surface area contributed by atoms with Gasteiger partial charge in [-0.25, -0.2) is 13.6 Å². The molecule has 0 aliphatic rings. The Hall–Kier alpha value is -3.76. The van der Waals surface area contributed by atoms with Gasteiger partial charge < -0.3 is 15.6 Å². The summed E-state index contributed by atoms with van der Waals surface area (Å²) in [5.41, 5.74) is 10.1. The van der Waals surface area contributed by atoms with Crippen molar-refractivity contribution in [1.82, 2.24) is 20.3 Å². The molecule has 10 heteroatoms. The highest BCUT2D eigenvalue weighted by molar-refractivity contribution is 7.78. The number of pyridine rings is 3. The van der Waals surface area contributed by atoms with E-state index in [1.165, 1.54) is 6.07 Å². The SMILES string of the molecule is Cc1nc(N)ccc1CNC(=O)c1ccnc(Cc2cc(CS(=O)O)c3ncc(F)cc3c2)c1. The van der Waals surface area contributed by atoms with E-state index < -0.39 is 16.9 Å². The van der Waals surface area contributed by atoms with Gasteiger partial charge in [0, 0.05) is 41.5 Å². The number of amides is 1. The van der Waals surface area contributed by atoms with Crippen LogP contribution in [0.4, 0.5) is 10.2 Å². The fourth-order valence-corrected chi connectivity index (χ4v) is 4.20. The molecule has 4 rings (SSSR count). The molecule has 0 spiro atoms. The quantitative estimate of drug-likeness (QED) is 0.347. The number of fused-ring (bicyclic) bond motifs is 1. The Morgan fingerprint density at radius 3 is 2.74 bits per heavy atom. The summed E-state index contributed by atoms with van der Waals surface area (Å²) in [5, 5.41) is 3.40. The second-order valence-electron chi connectivity index (χ2n) is 7.82. The number of halogens is 1. The number of carbonyl (C=O) groups is 1.